The Hall–Kier alpha value is -2.24. The first-order valence-corrected chi connectivity index (χ1v) is 15.4. The van der Waals surface area contributed by atoms with Crippen LogP contribution in [0.5, 0.6) is 0 Å². The number of hydrogen-bond acceptors (Lipinski definition) is 7. The monoisotopic (exact) mass is 598 g/mol. The average molecular weight is 599 g/mol. The number of likely N-dealkylation sites (tertiary alicyclic amines) is 1. The van der Waals surface area contributed by atoms with E-state index in [2.05, 4.69) is 5.32 Å². The highest BCUT2D eigenvalue weighted by atomic mass is 16.5. The van der Waals surface area contributed by atoms with Gasteiger partial charge >= 0.3 is 5.97 Å². The molecule has 0 aromatic heterocycles. The predicted octanol–water partition coefficient (Wildman–Crippen LogP) is 2.72. The summed E-state index contributed by atoms with van der Waals surface area (Å²) in [6.07, 6.45) is 0.970. The summed E-state index contributed by atoms with van der Waals surface area (Å²) in [6.45, 7) is 13.9. The maximum absolute atomic E-state index is 14.0. The van der Waals surface area contributed by atoms with Crippen LogP contribution in [0.2, 0.25) is 0 Å². The lowest BCUT2D eigenvalue weighted by atomic mass is 9.89. The summed E-state index contributed by atoms with van der Waals surface area (Å²) in [5, 5.41) is 12.6. The highest BCUT2D eigenvalue weighted by Gasteiger charge is 2.43. The molecule has 1 aliphatic heterocycles. The van der Waals surface area contributed by atoms with E-state index in [1.54, 1.807) is 30.9 Å². The van der Waals surface area contributed by atoms with Crippen LogP contribution in [0.3, 0.4) is 0 Å². The fourth-order valence-corrected chi connectivity index (χ4v) is 6.40. The Kier molecular flexibility index (Phi) is 15.4. The third-order valence-corrected chi connectivity index (χ3v) is 8.92. The van der Waals surface area contributed by atoms with Gasteiger partial charge in [-0.05, 0) is 51.6 Å². The largest absolute Gasteiger partial charge is 0.481 e. The summed E-state index contributed by atoms with van der Waals surface area (Å²) in [4.78, 5) is 57.9. The van der Waals surface area contributed by atoms with E-state index in [0.29, 0.717) is 13.0 Å². The van der Waals surface area contributed by atoms with Gasteiger partial charge in [0.15, 0.2) is 0 Å². The molecule has 42 heavy (non-hydrogen) atoms. The van der Waals surface area contributed by atoms with Gasteiger partial charge in [0, 0.05) is 27.8 Å². The van der Waals surface area contributed by atoms with Crippen molar-refractivity contribution < 1.29 is 33.8 Å². The number of carboxylic acid groups (broad SMARTS) is 1. The number of carbonyl (C=O) groups is 4. The summed E-state index contributed by atoms with van der Waals surface area (Å²) in [6, 6.07) is -1.90. The Morgan fingerprint density at radius 1 is 0.976 bits per heavy atom. The van der Waals surface area contributed by atoms with Crippen molar-refractivity contribution in [1.82, 2.24) is 20.0 Å². The Morgan fingerprint density at radius 3 is 2.00 bits per heavy atom. The first kappa shape index (κ1) is 37.8. The van der Waals surface area contributed by atoms with Gasteiger partial charge in [0.05, 0.1) is 42.7 Å². The van der Waals surface area contributed by atoms with Crippen LogP contribution < -0.4 is 5.32 Å². The van der Waals surface area contributed by atoms with Crippen molar-refractivity contribution in [1.29, 1.82) is 0 Å². The predicted molar refractivity (Wildman–Crippen MR) is 163 cm³/mol. The number of nitrogens with zero attached hydrogens (tertiary/aromatic N) is 3. The highest BCUT2D eigenvalue weighted by molar-refractivity contribution is 5.90. The van der Waals surface area contributed by atoms with Crippen molar-refractivity contribution in [2.75, 3.05) is 41.9 Å². The number of likely N-dealkylation sites (N-methyl/N-ethyl adjacent to an activating group) is 2. The Balaban J connectivity index is 3.26. The Morgan fingerprint density at radius 2 is 1.57 bits per heavy atom. The van der Waals surface area contributed by atoms with Gasteiger partial charge in [-0.1, -0.05) is 48.0 Å². The molecule has 3 amide bonds. The molecule has 0 bridgehead atoms. The van der Waals surface area contributed by atoms with E-state index in [0.717, 1.165) is 12.8 Å². The third kappa shape index (κ3) is 9.38. The van der Waals surface area contributed by atoms with E-state index in [1.807, 2.05) is 60.5 Å². The van der Waals surface area contributed by atoms with Crippen LogP contribution in [0.4, 0.5) is 0 Å². The number of amides is 3. The van der Waals surface area contributed by atoms with Crippen LogP contribution in [-0.4, -0.2) is 122 Å². The van der Waals surface area contributed by atoms with Gasteiger partial charge in [0.1, 0.15) is 6.04 Å². The first-order chi connectivity index (χ1) is 19.5. The molecule has 1 fully saturated rings. The average Bonchev–Trinajstić information content (AvgIpc) is 3.39. The van der Waals surface area contributed by atoms with Gasteiger partial charge in [-0.3, -0.25) is 24.1 Å². The highest BCUT2D eigenvalue weighted by Crippen LogP contribution is 2.29. The molecule has 1 unspecified atom stereocenters. The SMILES string of the molecule is CC[C@H](C)C([C@@H](CC(=O)N1CCC[C@H]1[C@H](OC)[C@@H](C)C(=O)O)OC)N(C)C(=O)[C@@H](NC(=O)[C@H](C(C)C)N(C)C)C(C)C. The van der Waals surface area contributed by atoms with Crippen molar-refractivity contribution in [3.05, 3.63) is 0 Å². The summed E-state index contributed by atoms with van der Waals surface area (Å²) in [5.41, 5.74) is 0. The van der Waals surface area contributed by atoms with Gasteiger partial charge in [0.2, 0.25) is 17.7 Å². The normalized spacial score (nSPS) is 20.6. The topological polar surface area (TPSA) is 129 Å². The summed E-state index contributed by atoms with van der Waals surface area (Å²) in [7, 11) is 8.45. The molecular weight excluding hydrogens is 540 g/mol. The van der Waals surface area contributed by atoms with E-state index in [4.69, 9.17) is 9.47 Å². The van der Waals surface area contributed by atoms with E-state index in [1.165, 1.54) is 7.11 Å². The number of hydrogen-bond donors (Lipinski definition) is 2. The first-order valence-electron chi connectivity index (χ1n) is 15.4. The Bertz CT molecular complexity index is 889. The second kappa shape index (κ2) is 17.2. The van der Waals surface area contributed by atoms with Crippen LogP contribution >= 0.6 is 0 Å². The van der Waals surface area contributed by atoms with Crippen LogP contribution in [0.15, 0.2) is 0 Å². The zero-order valence-electron chi connectivity index (χ0n) is 28.0. The summed E-state index contributed by atoms with van der Waals surface area (Å²) < 4.78 is 11.5. The summed E-state index contributed by atoms with van der Waals surface area (Å²) >= 11 is 0. The van der Waals surface area contributed by atoms with Gasteiger partial charge < -0.3 is 29.7 Å². The van der Waals surface area contributed by atoms with E-state index < -0.39 is 36.2 Å². The lowest BCUT2D eigenvalue weighted by molar-refractivity contribution is -0.152. The molecule has 0 aromatic rings. The van der Waals surface area contributed by atoms with E-state index >= 15 is 0 Å². The molecule has 2 N–H and O–H groups in total. The fourth-order valence-electron chi connectivity index (χ4n) is 6.40. The van der Waals surface area contributed by atoms with Gasteiger partial charge in [-0.2, -0.15) is 0 Å². The number of nitrogens with one attached hydrogen (secondary N) is 1. The molecule has 0 radical (unpaired) electrons. The minimum absolute atomic E-state index is 0.00136. The molecule has 0 spiro atoms. The van der Waals surface area contributed by atoms with Crippen molar-refractivity contribution in [2.45, 2.75) is 111 Å². The molecule has 0 aliphatic carbocycles. The lowest BCUT2D eigenvalue weighted by Crippen LogP contribution is -2.59. The second-order valence-electron chi connectivity index (χ2n) is 12.8. The molecular formula is C31H58N4O7. The molecule has 8 atom stereocenters. The van der Waals surface area contributed by atoms with Crippen molar-refractivity contribution >= 4 is 23.7 Å². The van der Waals surface area contributed by atoms with E-state index in [-0.39, 0.29) is 54.0 Å². The maximum atomic E-state index is 14.0. The number of ether oxygens (including phenoxy) is 2. The van der Waals surface area contributed by atoms with Crippen LogP contribution in [-0.2, 0) is 28.7 Å². The number of carbonyl (C=O) groups excluding carboxylic acids is 3. The number of aliphatic carboxylic acids is 1. The maximum Gasteiger partial charge on any atom is 0.308 e. The Labute approximate surface area is 253 Å². The molecule has 244 valence electrons. The molecule has 0 saturated carbocycles. The minimum atomic E-state index is -0.968. The molecule has 1 saturated heterocycles. The quantitative estimate of drug-likeness (QED) is 0.262. The van der Waals surface area contributed by atoms with Gasteiger partial charge in [-0.15, -0.1) is 0 Å². The summed E-state index contributed by atoms with van der Waals surface area (Å²) in [5.74, 6) is -2.42. The smallest absolute Gasteiger partial charge is 0.308 e. The zero-order chi connectivity index (χ0) is 32.5. The fraction of sp³-hybridized carbons (Fsp3) is 0.871. The standard InChI is InChI=1S/C31H58N4O7/c1-13-20(6)27(34(10)30(38)25(18(2)3)32-29(37)26(19(4)5)33(8)9)23(41-11)17-24(36)35-16-14-15-22(35)28(42-12)21(7)31(39)40/h18-23,25-28H,13-17H2,1-12H3,(H,32,37)(H,39,40)/t20-,21+,22-,23+,25-,26-,27?,28+/m0/s1. The molecule has 1 heterocycles. The second-order valence-corrected chi connectivity index (χ2v) is 12.8. The molecule has 11 nitrogen and oxygen atoms in total. The van der Waals surface area contributed by atoms with Crippen molar-refractivity contribution in [3.63, 3.8) is 0 Å². The molecule has 11 heteroatoms. The van der Waals surface area contributed by atoms with Gasteiger partial charge in [-0.25, -0.2) is 0 Å². The third-order valence-electron chi connectivity index (χ3n) is 8.92. The van der Waals surface area contributed by atoms with Crippen LogP contribution in [0, 0.1) is 23.7 Å². The van der Waals surface area contributed by atoms with Crippen molar-refractivity contribution in [3.8, 4) is 0 Å². The molecule has 0 aromatic carbocycles. The van der Waals surface area contributed by atoms with Crippen LogP contribution in [0.25, 0.3) is 0 Å². The lowest BCUT2D eigenvalue weighted by Gasteiger charge is -2.41. The minimum Gasteiger partial charge on any atom is -0.481 e. The number of carboxylic acids is 1. The molecule has 1 rings (SSSR count). The van der Waals surface area contributed by atoms with Gasteiger partial charge in [0.25, 0.3) is 0 Å². The zero-order valence-corrected chi connectivity index (χ0v) is 28.0. The number of rotatable bonds is 17. The van der Waals surface area contributed by atoms with Crippen LogP contribution in [0.1, 0.15) is 74.1 Å². The van der Waals surface area contributed by atoms with Crippen molar-refractivity contribution in [2.24, 2.45) is 23.7 Å². The number of methoxy groups -OCH3 is 2. The molecule has 1 aliphatic rings. The van der Waals surface area contributed by atoms with E-state index in [9.17, 15) is 24.3 Å².